The lowest BCUT2D eigenvalue weighted by atomic mass is 9.87. The highest BCUT2D eigenvalue weighted by Gasteiger charge is 2.43. The Morgan fingerprint density at radius 3 is 2.45 bits per heavy atom. The van der Waals surface area contributed by atoms with Crippen molar-refractivity contribution in [2.24, 2.45) is 0 Å². The Kier molecular flexibility index (Phi) is 7.39. The summed E-state index contributed by atoms with van der Waals surface area (Å²) in [5.41, 5.74) is 1.10. The van der Waals surface area contributed by atoms with Crippen LogP contribution in [-0.4, -0.2) is 65.6 Å². The summed E-state index contributed by atoms with van der Waals surface area (Å²) < 4.78 is 87.8. The number of nitrogens with one attached hydrogen (secondary N) is 2. The molecule has 2 N–H and O–H groups in total. The zero-order chi connectivity index (χ0) is 27.2. The van der Waals surface area contributed by atoms with E-state index in [4.69, 9.17) is 0 Å². The fraction of sp³-hybridized carbons (Fsp3) is 0.500. The Morgan fingerprint density at radius 2 is 1.79 bits per heavy atom. The van der Waals surface area contributed by atoms with E-state index < -0.39 is 55.1 Å². The third-order valence-electron chi connectivity index (χ3n) is 7.81. The van der Waals surface area contributed by atoms with Crippen molar-refractivity contribution in [1.29, 1.82) is 0 Å². The number of anilines is 1. The maximum absolute atomic E-state index is 15.7. The van der Waals surface area contributed by atoms with E-state index in [1.165, 1.54) is 30.0 Å². The van der Waals surface area contributed by atoms with Crippen LogP contribution >= 0.6 is 0 Å². The molecule has 2 atom stereocenters. The monoisotopic (exact) mass is 538 g/mol. The zero-order valence-electron chi connectivity index (χ0n) is 21.4. The van der Waals surface area contributed by atoms with Gasteiger partial charge in [-0.3, -0.25) is 14.2 Å². The molecular formula is C28H32F6N4. The highest BCUT2D eigenvalue weighted by Crippen LogP contribution is 2.44. The van der Waals surface area contributed by atoms with Crippen LogP contribution in [0, 0.1) is 17.5 Å². The van der Waals surface area contributed by atoms with Crippen LogP contribution in [0.4, 0.5) is 32.0 Å². The maximum Gasteiger partial charge on any atom is 0.260 e. The molecule has 206 valence electrons. The van der Waals surface area contributed by atoms with Gasteiger partial charge in [-0.15, -0.1) is 0 Å². The summed E-state index contributed by atoms with van der Waals surface area (Å²) in [5.74, 6) is -5.32. The van der Waals surface area contributed by atoms with Crippen molar-refractivity contribution in [3.63, 3.8) is 0 Å². The second-order valence-corrected chi connectivity index (χ2v) is 10.5. The first kappa shape index (κ1) is 26.9. The Morgan fingerprint density at radius 1 is 1.08 bits per heavy atom. The van der Waals surface area contributed by atoms with Gasteiger partial charge in [-0.1, -0.05) is 19.1 Å². The van der Waals surface area contributed by atoms with E-state index in [1.54, 1.807) is 19.1 Å². The van der Waals surface area contributed by atoms with Crippen molar-refractivity contribution in [1.82, 2.24) is 14.8 Å². The number of fused-ring (bicyclic) bond motifs is 3. The second-order valence-electron chi connectivity index (χ2n) is 10.5. The smallest absolute Gasteiger partial charge is 0.260 e. The maximum atomic E-state index is 15.7. The Balaban J connectivity index is 1.52. The molecular weight excluding hydrogens is 506 g/mol. The molecule has 1 saturated heterocycles. The number of hydrogen-bond donors (Lipinski definition) is 2. The normalized spacial score (nSPS) is 21.1. The molecule has 2 aliphatic heterocycles. The molecule has 3 heterocycles. The first-order valence-corrected chi connectivity index (χ1v) is 13.1. The lowest BCUT2D eigenvalue weighted by molar-refractivity contribution is -0.0551. The summed E-state index contributed by atoms with van der Waals surface area (Å²) in [6.45, 7) is 3.93. The van der Waals surface area contributed by atoms with Gasteiger partial charge in [-0.2, -0.15) is 0 Å². The summed E-state index contributed by atoms with van der Waals surface area (Å²) in [4.78, 5) is 6.45. The van der Waals surface area contributed by atoms with Crippen LogP contribution in [0.3, 0.4) is 0 Å². The molecule has 2 aromatic carbocycles. The predicted molar refractivity (Wildman–Crippen MR) is 136 cm³/mol. The van der Waals surface area contributed by atoms with Gasteiger partial charge in [0.25, 0.3) is 5.92 Å². The molecule has 2 aliphatic rings. The van der Waals surface area contributed by atoms with Gasteiger partial charge in [-0.05, 0) is 43.5 Å². The fourth-order valence-electron chi connectivity index (χ4n) is 5.77. The van der Waals surface area contributed by atoms with Crippen LogP contribution in [0.1, 0.15) is 49.6 Å². The van der Waals surface area contributed by atoms with Gasteiger partial charge in [0.05, 0.1) is 30.8 Å². The predicted octanol–water partition coefficient (Wildman–Crippen LogP) is 6.42. The quantitative estimate of drug-likeness (QED) is 0.309. The number of rotatable bonds is 9. The van der Waals surface area contributed by atoms with Gasteiger partial charge in [0, 0.05) is 54.4 Å². The Hall–Kier alpha value is -2.72. The molecule has 5 rings (SSSR count). The molecule has 4 nitrogen and oxygen atoms in total. The van der Waals surface area contributed by atoms with Crippen molar-refractivity contribution >= 4 is 16.6 Å². The van der Waals surface area contributed by atoms with E-state index >= 15 is 8.78 Å². The summed E-state index contributed by atoms with van der Waals surface area (Å²) in [5, 5.41) is 3.69. The number of aromatic nitrogens is 1. The molecule has 0 aliphatic carbocycles. The van der Waals surface area contributed by atoms with Crippen molar-refractivity contribution in [2.45, 2.75) is 57.2 Å². The Bertz CT molecular complexity index is 1280. The Labute approximate surface area is 218 Å². The fourth-order valence-corrected chi connectivity index (χ4v) is 5.77. The molecule has 38 heavy (non-hydrogen) atoms. The number of benzene rings is 2. The molecule has 0 spiro atoms. The first-order valence-electron chi connectivity index (χ1n) is 13.1. The van der Waals surface area contributed by atoms with Gasteiger partial charge < -0.3 is 10.3 Å². The van der Waals surface area contributed by atoms with E-state index in [0.29, 0.717) is 49.1 Å². The molecule has 0 amide bonds. The molecule has 10 heteroatoms. The van der Waals surface area contributed by atoms with E-state index in [1.807, 2.05) is 4.90 Å². The summed E-state index contributed by atoms with van der Waals surface area (Å²) in [7, 11) is 0. The molecule has 1 aromatic heterocycles. The second kappa shape index (κ2) is 10.4. The molecule has 1 fully saturated rings. The average Bonchev–Trinajstić information content (AvgIpc) is 3.21. The minimum Gasteiger partial charge on any atom is -0.380 e. The third-order valence-corrected chi connectivity index (χ3v) is 7.81. The van der Waals surface area contributed by atoms with E-state index in [9.17, 15) is 17.6 Å². The summed E-state index contributed by atoms with van der Waals surface area (Å²) >= 11 is 0. The van der Waals surface area contributed by atoms with Crippen molar-refractivity contribution < 1.29 is 26.3 Å². The van der Waals surface area contributed by atoms with Crippen LogP contribution in [0.2, 0.25) is 0 Å². The van der Waals surface area contributed by atoms with E-state index in [0.717, 1.165) is 0 Å². The van der Waals surface area contributed by atoms with Gasteiger partial charge in [0.2, 0.25) is 0 Å². The van der Waals surface area contributed by atoms with Crippen molar-refractivity contribution in [3.8, 4) is 0 Å². The number of H-pyrrole nitrogens is 1. The summed E-state index contributed by atoms with van der Waals surface area (Å²) in [6.07, 6.45) is 0.352. The summed E-state index contributed by atoms with van der Waals surface area (Å²) in [6, 6.07) is 5.24. The average molecular weight is 539 g/mol. The largest absolute Gasteiger partial charge is 0.380 e. The SMILES string of the molecule is CCC(F)(F)CN1[C@@H](c2c(F)cc(NC3CN(CCCF)C3)cc2F)c2[nH]c3c(F)cccc3c2C[C@@H]1C. The molecule has 0 saturated carbocycles. The minimum absolute atomic E-state index is 0.0306. The van der Waals surface area contributed by atoms with Gasteiger partial charge in [0.15, 0.2) is 0 Å². The van der Waals surface area contributed by atoms with Gasteiger partial charge in [0.1, 0.15) is 17.5 Å². The lowest BCUT2D eigenvalue weighted by Crippen LogP contribution is -2.54. The zero-order valence-corrected chi connectivity index (χ0v) is 21.4. The van der Waals surface area contributed by atoms with Crippen LogP contribution in [0.25, 0.3) is 10.9 Å². The number of halogens is 6. The molecule has 3 aromatic rings. The number of nitrogens with zero attached hydrogens (tertiary/aromatic N) is 2. The molecule has 0 bridgehead atoms. The van der Waals surface area contributed by atoms with Crippen molar-refractivity contribution in [3.05, 3.63) is 64.6 Å². The number of likely N-dealkylation sites (tertiary alicyclic amines) is 1. The van der Waals surface area contributed by atoms with Crippen LogP contribution < -0.4 is 5.32 Å². The van der Waals surface area contributed by atoms with Crippen LogP contribution in [0.5, 0.6) is 0 Å². The van der Waals surface area contributed by atoms with Gasteiger partial charge >= 0.3 is 0 Å². The highest BCUT2D eigenvalue weighted by atomic mass is 19.3. The number of hydrogen-bond acceptors (Lipinski definition) is 3. The van der Waals surface area contributed by atoms with E-state index in [2.05, 4.69) is 10.3 Å². The lowest BCUT2D eigenvalue weighted by Gasteiger charge is -2.42. The third kappa shape index (κ3) is 5.00. The standard InChI is InChI=1S/C28H32F6N4/c1-3-28(33,34)15-38-16(2)10-20-19-6-4-7-21(30)25(19)36-26(20)27(38)24-22(31)11-17(12-23(24)32)35-18-13-37(14-18)9-5-8-29/h4,6-7,11-12,16,18,27,35-36H,3,5,8-10,13-15H2,1-2H3/t16-,27-/m0/s1. The van der Waals surface area contributed by atoms with E-state index in [-0.39, 0.29) is 22.8 Å². The van der Waals surface area contributed by atoms with Crippen LogP contribution in [-0.2, 0) is 6.42 Å². The van der Waals surface area contributed by atoms with Gasteiger partial charge in [-0.25, -0.2) is 22.0 Å². The van der Waals surface area contributed by atoms with Crippen LogP contribution in [0.15, 0.2) is 30.3 Å². The van der Waals surface area contributed by atoms with Crippen molar-refractivity contribution in [2.75, 3.05) is 38.2 Å². The number of para-hydroxylation sites is 1. The minimum atomic E-state index is -3.08. The topological polar surface area (TPSA) is 34.3 Å². The number of alkyl halides is 3. The first-order chi connectivity index (χ1) is 18.1. The molecule has 0 unspecified atom stereocenters. The highest BCUT2D eigenvalue weighted by molar-refractivity contribution is 5.86. The molecule has 0 radical (unpaired) electrons. The number of aromatic amines is 1.